The second kappa shape index (κ2) is 8.39. The highest BCUT2D eigenvalue weighted by Crippen LogP contribution is 2.39. The lowest BCUT2D eigenvalue weighted by atomic mass is 10.1. The van der Waals surface area contributed by atoms with E-state index in [9.17, 15) is 0 Å². The molecule has 146 valence electrons. The van der Waals surface area contributed by atoms with Gasteiger partial charge in [0.15, 0.2) is 0 Å². The molecule has 1 heterocycles. The van der Waals surface area contributed by atoms with Gasteiger partial charge in [0.25, 0.3) is 8.32 Å². The third-order valence-electron chi connectivity index (χ3n) is 5.26. The van der Waals surface area contributed by atoms with E-state index in [1.54, 1.807) is 0 Å². The maximum absolute atomic E-state index is 7.12. The van der Waals surface area contributed by atoms with Crippen LogP contribution in [0.15, 0.2) is 79.0 Å². The first kappa shape index (κ1) is 20.5. The van der Waals surface area contributed by atoms with Gasteiger partial charge in [0.1, 0.15) is 0 Å². The summed E-state index contributed by atoms with van der Waals surface area (Å²) in [6.07, 6.45) is 1.68. The number of aryl methyl sites for hydroxylation is 1. The highest BCUT2D eigenvalue weighted by Gasteiger charge is 2.51. The Morgan fingerprint density at radius 2 is 1.43 bits per heavy atom. The van der Waals surface area contributed by atoms with E-state index in [1.807, 2.05) is 19.2 Å². The Balaban J connectivity index is 2.19. The quantitative estimate of drug-likeness (QED) is 0.648. The summed E-state index contributed by atoms with van der Waals surface area (Å²) in [6, 6.07) is 25.4. The number of benzene rings is 2. The van der Waals surface area contributed by atoms with Crippen molar-refractivity contribution in [3.8, 4) is 0 Å². The molecule has 0 saturated heterocycles. The van der Waals surface area contributed by atoms with E-state index in [1.165, 1.54) is 10.4 Å². The molecule has 0 bridgehead atoms. The molecule has 4 heteroatoms. The largest absolute Gasteiger partial charge is 0.399 e. The molecule has 3 nitrogen and oxygen atoms in total. The Labute approximate surface area is 169 Å². The zero-order valence-corrected chi connectivity index (χ0v) is 18.2. The fraction of sp³-hybridized carbons (Fsp3) is 0.292. The zero-order valence-electron chi connectivity index (χ0n) is 17.2. The fourth-order valence-corrected chi connectivity index (χ4v) is 8.50. The Hall–Kier alpha value is -2.27. The lowest BCUT2D eigenvalue weighted by Gasteiger charge is -2.45. The molecule has 2 aromatic carbocycles. The van der Waals surface area contributed by atoms with E-state index in [2.05, 4.69) is 92.5 Å². The number of aromatic nitrogens is 1. The van der Waals surface area contributed by atoms with Gasteiger partial charge >= 0.3 is 0 Å². The molecular formula is C24H30N2OSi. The molecule has 3 aromatic rings. The topological polar surface area (TPSA) is 48.1 Å². The minimum absolute atomic E-state index is 0.0821. The third-order valence-corrected chi connectivity index (χ3v) is 10.3. The van der Waals surface area contributed by atoms with Crippen molar-refractivity contribution in [3.05, 3.63) is 90.3 Å². The van der Waals surface area contributed by atoms with Crippen LogP contribution in [0.4, 0.5) is 0 Å². The SMILES string of the molecule is Cc1ccc(C(CN)O[Si](c2ccccc2)(c2ccccc2)C(C)(C)C)cn1. The van der Waals surface area contributed by atoms with Crippen LogP contribution in [0.2, 0.25) is 5.04 Å². The van der Waals surface area contributed by atoms with Gasteiger partial charge in [-0.15, -0.1) is 0 Å². The molecule has 1 unspecified atom stereocenters. The van der Waals surface area contributed by atoms with Crippen LogP contribution in [0.5, 0.6) is 0 Å². The third kappa shape index (κ3) is 3.95. The van der Waals surface area contributed by atoms with E-state index in [4.69, 9.17) is 10.2 Å². The molecule has 0 aliphatic rings. The average Bonchev–Trinajstić information content (AvgIpc) is 2.70. The molecule has 3 rings (SSSR count). The molecule has 1 atom stereocenters. The van der Waals surface area contributed by atoms with Gasteiger partial charge in [0.05, 0.1) is 6.10 Å². The van der Waals surface area contributed by atoms with E-state index >= 15 is 0 Å². The highest BCUT2D eigenvalue weighted by molar-refractivity contribution is 6.99. The lowest BCUT2D eigenvalue weighted by Crippen LogP contribution is -2.67. The molecule has 0 aliphatic heterocycles. The van der Waals surface area contributed by atoms with Crippen molar-refractivity contribution in [2.75, 3.05) is 6.54 Å². The van der Waals surface area contributed by atoms with Crippen LogP contribution < -0.4 is 16.1 Å². The molecule has 0 spiro atoms. The monoisotopic (exact) mass is 390 g/mol. The van der Waals surface area contributed by atoms with Gasteiger partial charge in [-0.3, -0.25) is 4.98 Å². The Kier molecular flexibility index (Phi) is 6.13. The number of rotatable bonds is 6. The normalized spacial score (nSPS) is 13.3. The van der Waals surface area contributed by atoms with Crippen LogP contribution in [-0.4, -0.2) is 19.8 Å². The van der Waals surface area contributed by atoms with Gasteiger partial charge in [-0.25, -0.2) is 0 Å². The van der Waals surface area contributed by atoms with E-state index in [0.29, 0.717) is 6.54 Å². The van der Waals surface area contributed by atoms with Crippen LogP contribution in [0.3, 0.4) is 0 Å². The van der Waals surface area contributed by atoms with Crippen LogP contribution >= 0.6 is 0 Å². The summed E-state index contributed by atoms with van der Waals surface area (Å²) in [5.41, 5.74) is 8.24. The van der Waals surface area contributed by atoms with Gasteiger partial charge in [-0.2, -0.15) is 0 Å². The minimum atomic E-state index is -2.64. The van der Waals surface area contributed by atoms with E-state index in [0.717, 1.165) is 11.3 Å². The number of nitrogens with two attached hydrogens (primary N) is 1. The summed E-state index contributed by atoms with van der Waals surface area (Å²) >= 11 is 0. The van der Waals surface area contributed by atoms with Gasteiger partial charge in [-0.05, 0) is 34.0 Å². The second-order valence-electron chi connectivity index (χ2n) is 8.24. The van der Waals surface area contributed by atoms with Crippen LogP contribution in [0.1, 0.15) is 38.1 Å². The number of hydrogen-bond acceptors (Lipinski definition) is 3. The molecule has 0 saturated carbocycles. The molecule has 0 fully saturated rings. The second-order valence-corrected chi connectivity index (χ2v) is 12.5. The van der Waals surface area contributed by atoms with E-state index < -0.39 is 8.32 Å². The highest BCUT2D eigenvalue weighted by atomic mass is 28.4. The molecule has 0 radical (unpaired) electrons. The van der Waals surface area contributed by atoms with Crippen molar-refractivity contribution in [3.63, 3.8) is 0 Å². The first-order valence-corrected chi connectivity index (χ1v) is 11.7. The number of pyridine rings is 1. The Morgan fingerprint density at radius 3 is 1.82 bits per heavy atom. The van der Waals surface area contributed by atoms with Crippen molar-refractivity contribution in [1.29, 1.82) is 0 Å². The van der Waals surface area contributed by atoms with Crippen LogP contribution in [-0.2, 0) is 4.43 Å². The Bertz CT molecular complexity index is 834. The van der Waals surface area contributed by atoms with E-state index in [-0.39, 0.29) is 11.1 Å². The summed E-state index contributed by atoms with van der Waals surface area (Å²) in [6.45, 7) is 9.24. The predicted molar refractivity (Wildman–Crippen MR) is 119 cm³/mol. The average molecular weight is 391 g/mol. The predicted octanol–water partition coefficient (Wildman–Crippen LogP) is 3.97. The standard InChI is InChI=1S/C24H30N2OSi/c1-19-15-16-20(18-26-19)23(17-25)27-28(24(2,3)4,21-11-7-5-8-12-21)22-13-9-6-10-14-22/h5-16,18,23H,17,25H2,1-4H3. The number of nitrogens with zero attached hydrogens (tertiary/aromatic N) is 1. The summed E-state index contributed by atoms with van der Waals surface area (Å²) in [5, 5.41) is 2.43. The fourth-order valence-electron chi connectivity index (χ4n) is 3.83. The molecule has 0 aliphatic carbocycles. The smallest absolute Gasteiger partial charge is 0.261 e. The van der Waals surface area contributed by atoms with Crippen molar-refractivity contribution in [2.24, 2.45) is 5.73 Å². The maximum atomic E-state index is 7.12. The lowest BCUT2D eigenvalue weighted by molar-refractivity contribution is 0.198. The molecule has 28 heavy (non-hydrogen) atoms. The van der Waals surface area contributed by atoms with Crippen LogP contribution in [0, 0.1) is 6.92 Å². The zero-order chi connectivity index (χ0) is 20.2. The van der Waals surface area contributed by atoms with Gasteiger partial charge < -0.3 is 10.2 Å². The molecular weight excluding hydrogens is 360 g/mol. The van der Waals surface area contributed by atoms with Crippen molar-refractivity contribution in [2.45, 2.75) is 38.8 Å². The molecule has 0 amide bonds. The molecule has 2 N–H and O–H groups in total. The van der Waals surface area contributed by atoms with Crippen molar-refractivity contribution >= 4 is 18.7 Å². The summed E-state index contributed by atoms with van der Waals surface area (Å²) in [7, 11) is -2.64. The van der Waals surface area contributed by atoms with Gasteiger partial charge in [0.2, 0.25) is 0 Å². The first-order valence-electron chi connectivity index (χ1n) is 9.80. The van der Waals surface area contributed by atoms with Gasteiger partial charge in [0, 0.05) is 18.4 Å². The minimum Gasteiger partial charge on any atom is -0.399 e. The Morgan fingerprint density at radius 1 is 0.893 bits per heavy atom. The van der Waals surface area contributed by atoms with Crippen molar-refractivity contribution < 1.29 is 4.43 Å². The van der Waals surface area contributed by atoms with Gasteiger partial charge in [-0.1, -0.05) is 87.5 Å². The maximum Gasteiger partial charge on any atom is 0.261 e. The molecule has 1 aromatic heterocycles. The first-order chi connectivity index (χ1) is 13.4. The summed E-state index contributed by atoms with van der Waals surface area (Å²) in [4.78, 5) is 4.47. The number of hydrogen-bond donors (Lipinski definition) is 1. The van der Waals surface area contributed by atoms with Crippen molar-refractivity contribution in [1.82, 2.24) is 4.98 Å². The summed E-state index contributed by atoms with van der Waals surface area (Å²) < 4.78 is 7.12. The van der Waals surface area contributed by atoms with Crippen LogP contribution in [0.25, 0.3) is 0 Å². The summed E-state index contributed by atoms with van der Waals surface area (Å²) in [5.74, 6) is 0.